The monoisotopic (exact) mass is 632 g/mol. The summed E-state index contributed by atoms with van der Waals surface area (Å²) in [5.41, 5.74) is 2.55. The van der Waals surface area contributed by atoms with Crippen LogP contribution in [0.15, 0.2) is 11.6 Å². The van der Waals surface area contributed by atoms with Gasteiger partial charge >= 0.3 is 5.97 Å². The second-order valence-electron chi connectivity index (χ2n) is 15.8. The van der Waals surface area contributed by atoms with Crippen molar-refractivity contribution in [2.45, 2.75) is 151 Å². The van der Waals surface area contributed by atoms with E-state index >= 15 is 0 Å². The Morgan fingerprint density at radius 1 is 1.02 bits per heavy atom. The molecule has 0 saturated heterocycles. The molecule has 0 aromatic rings. The van der Waals surface area contributed by atoms with Crippen LogP contribution in [0.25, 0.3) is 0 Å². The van der Waals surface area contributed by atoms with Gasteiger partial charge in [-0.25, -0.2) is 0 Å². The molecule has 5 rings (SSSR count). The maximum atomic E-state index is 13.6. The SMILES string of the molecule is C.CCC.COC1CCC2(C)C(CCC3(C)C2CC=C2C4CCCCC4(C(=O)N(C)C)CC[C@]23C)C1C.O=CCCCC(=O)O. The van der Waals surface area contributed by atoms with Gasteiger partial charge in [0.05, 0.1) is 11.5 Å². The third-order valence-electron chi connectivity index (χ3n) is 13.4. The van der Waals surface area contributed by atoms with E-state index in [0.29, 0.717) is 47.5 Å². The van der Waals surface area contributed by atoms with Crippen LogP contribution in [-0.4, -0.2) is 55.5 Å². The summed E-state index contributed by atoms with van der Waals surface area (Å²) in [7, 11) is 5.87. The maximum absolute atomic E-state index is 13.6. The van der Waals surface area contributed by atoms with E-state index in [1.165, 1.54) is 64.2 Å². The highest BCUT2D eigenvalue weighted by atomic mass is 16.5. The van der Waals surface area contributed by atoms with E-state index < -0.39 is 5.97 Å². The van der Waals surface area contributed by atoms with Crippen LogP contribution in [0, 0.1) is 45.3 Å². The summed E-state index contributed by atoms with van der Waals surface area (Å²) in [5, 5.41) is 8.02. The number of ether oxygens (including phenoxy) is 1. The number of nitrogens with zero attached hydrogens (tertiary/aromatic N) is 1. The van der Waals surface area contributed by atoms with Crippen molar-refractivity contribution in [3.63, 3.8) is 0 Å². The van der Waals surface area contributed by atoms with Crippen LogP contribution in [0.4, 0.5) is 0 Å². The Balaban J connectivity index is 0.000000509. The van der Waals surface area contributed by atoms with E-state index in [1.807, 2.05) is 26.1 Å². The Hall–Kier alpha value is -1.69. The highest BCUT2D eigenvalue weighted by Gasteiger charge is 2.67. The molecule has 4 saturated carbocycles. The van der Waals surface area contributed by atoms with Gasteiger partial charge in [-0.1, -0.05) is 79.9 Å². The molecule has 0 aromatic carbocycles. The van der Waals surface area contributed by atoms with Gasteiger partial charge in [0.15, 0.2) is 0 Å². The average molecular weight is 632 g/mol. The fourth-order valence-corrected chi connectivity index (χ4v) is 11.0. The second-order valence-corrected chi connectivity index (χ2v) is 15.8. The number of methoxy groups -OCH3 is 1. The van der Waals surface area contributed by atoms with Gasteiger partial charge in [0.1, 0.15) is 6.29 Å². The number of aliphatic carboxylic acids is 1. The molecule has 0 aromatic heterocycles. The Labute approximate surface area is 276 Å². The molecule has 1 amide bonds. The number of carbonyl (C=O) groups is 3. The fraction of sp³-hybridized carbons (Fsp3) is 0.872. The smallest absolute Gasteiger partial charge is 0.303 e. The molecule has 6 heteroatoms. The first-order chi connectivity index (χ1) is 20.7. The summed E-state index contributed by atoms with van der Waals surface area (Å²) in [6, 6.07) is 0. The number of carboxylic acid groups (broad SMARTS) is 1. The van der Waals surface area contributed by atoms with Gasteiger partial charge in [0.25, 0.3) is 0 Å². The fourth-order valence-electron chi connectivity index (χ4n) is 11.0. The van der Waals surface area contributed by atoms with Gasteiger partial charge in [-0.2, -0.15) is 0 Å². The van der Waals surface area contributed by atoms with Crippen molar-refractivity contribution in [2.75, 3.05) is 21.2 Å². The van der Waals surface area contributed by atoms with E-state index in [0.717, 1.165) is 31.0 Å². The second kappa shape index (κ2) is 15.9. The number of amides is 1. The van der Waals surface area contributed by atoms with Crippen molar-refractivity contribution in [3.05, 3.63) is 11.6 Å². The predicted molar refractivity (Wildman–Crippen MR) is 185 cm³/mol. The summed E-state index contributed by atoms with van der Waals surface area (Å²) < 4.78 is 5.93. The van der Waals surface area contributed by atoms with Crippen LogP contribution < -0.4 is 0 Å². The number of hydrogen-bond acceptors (Lipinski definition) is 4. The Kier molecular flexibility index (Phi) is 14.0. The summed E-state index contributed by atoms with van der Waals surface area (Å²) in [6.45, 7) is 14.7. The van der Waals surface area contributed by atoms with E-state index in [-0.39, 0.29) is 24.7 Å². The Morgan fingerprint density at radius 2 is 1.69 bits per heavy atom. The quantitative estimate of drug-likeness (QED) is 0.179. The molecule has 0 bridgehead atoms. The summed E-state index contributed by atoms with van der Waals surface area (Å²) in [6.07, 6.45) is 19.6. The normalized spacial score (nSPS) is 39.6. The number of carbonyl (C=O) groups excluding carboxylic acids is 2. The minimum Gasteiger partial charge on any atom is -0.481 e. The lowest BCUT2D eigenvalue weighted by Crippen LogP contribution is -2.63. The summed E-state index contributed by atoms with van der Waals surface area (Å²) in [5.74, 6) is 2.22. The third kappa shape index (κ3) is 7.11. The van der Waals surface area contributed by atoms with Crippen molar-refractivity contribution in [2.24, 2.45) is 45.3 Å². The molecule has 0 heterocycles. The molecule has 6 nitrogen and oxygen atoms in total. The van der Waals surface area contributed by atoms with Crippen molar-refractivity contribution in [3.8, 4) is 0 Å². The first-order valence-corrected chi connectivity index (χ1v) is 17.8. The number of fused-ring (bicyclic) bond motifs is 7. The van der Waals surface area contributed by atoms with Crippen LogP contribution in [0.5, 0.6) is 0 Å². The lowest BCUT2D eigenvalue weighted by Gasteiger charge is -2.70. The van der Waals surface area contributed by atoms with Crippen molar-refractivity contribution < 1.29 is 24.2 Å². The van der Waals surface area contributed by atoms with Crippen molar-refractivity contribution in [1.82, 2.24) is 4.90 Å². The van der Waals surface area contributed by atoms with Crippen LogP contribution in [0.3, 0.4) is 0 Å². The molecule has 260 valence electrons. The number of allylic oxidation sites excluding steroid dienone is 2. The van der Waals surface area contributed by atoms with E-state index in [4.69, 9.17) is 9.84 Å². The molecule has 9 atom stereocenters. The zero-order valence-electron chi connectivity index (χ0n) is 29.7. The first kappa shape index (κ1) is 39.5. The molecule has 5 aliphatic rings. The van der Waals surface area contributed by atoms with E-state index in [9.17, 15) is 14.4 Å². The van der Waals surface area contributed by atoms with Gasteiger partial charge in [0, 0.05) is 34.0 Å². The van der Waals surface area contributed by atoms with Gasteiger partial charge in [-0.15, -0.1) is 0 Å². The molecule has 8 unspecified atom stereocenters. The van der Waals surface area contributed by atoms with Crippen LogP contribution in [0.2, 0.25) is 0 Å². The zero-order chi connectivity index (χ0) is 32.9. The lowest BCUT2D eigenvalue weighted by atomic mass is 9.35. The largest absolute Gasteiger partial charge is 0.481 e. The zero-order valence-corrected chi connectivity index (χ0v) is 29.7. The number of carboxylic acids is 1. The Bertz CT molecular complexity index is 1040. The van der Waals surface area contributed by atoms with Gasteiger partial charge in [-0.05, 0) is 104 Å². The molecular weight excluding hydrogens is 562 g/mol. The van der Waals surface area contributed by atoms with E-state index in [1.54, 1.807) is 5.57 Å². The standard InChI is InChI=1S/C30H49NO2.C5H8O3.C3H8.CH4/c1-20-21-13-17-29(4)25(27(21,2)16-14-24(20)33-7)12-11-22-23-10-8-9-15-30(23,26(32)31(5)6)19-18-28(22,29)3;6-4-2-1-3-5(7)8;1-3-2;/h11,20-21,23-25H,8-10,12-19H2,1-7H3;4H,1-3H2,(H,7,8);3H2,1-2H3;1H4/t20?,21?,23?,24?,25?,27?,28-,29?,30?;;;/m1.../s1. The highest BCUT2D eigenvalue weighted by Crippen LogP contribution is 2.74. The number of rotatable bonds is 6. The number of aldehydes is 1. The van der Waals surface area contributed by atoms with E-state index in [2.05, 4.69) is 47.6 Å². The van der Waals surface area contributed by atoms with Gasteiger partial charge < -0.3 is 19.5 Å². The van der Waals surface area contributed by atoms with Gasteiger partial charge in [0.2, 0.25) is 5.91 Å². The van der Waals surface area contributed by atoms with Crippen molar-refractivity contribution in [1.29, 1.82) is 0 Å². The van der Waals surface area contributed by atoms with Crippen LogP contribution in [-0.2, 0) is 19.1 Å². The topological polar surface area (TPSA) is 83.9 Å². The predicted octanol–water partition coefficient (Wildman–Crippen LogP) is 9.36. The molecule has 4 fully saturated rings. The molecule has 0 aliphatic heterocycles. The van der Waals surface area contributed by atoms with Crippen LogP contribution >= 0.6 is 0 Å². The maximum Gasteiger partial charge on any atom is 0.303 e. The highest BCUT2D eigenvalue weighted by molar-refractivity contribution is 5.83. The minimum atomic E-state index is -0.841. The number of hydrogen-bond donors (Lipinski definition) is 1. The lowest BCUT2D eigenvalue weighted by molar-refractivity contribution is -0.184. The molecular formula is C39H69NO5. The molecule has 1 N–H and O–H groups in total. The summed E-state index contributed by atoms with van der Waals surface area (Å²) in [4.78, 5) is 34.9. The van der Waals surface area contributed by atoms with Crippen molar-refractivity contribution >= 4 is 18.2 Å². The summed E-state index contributed by atoms with van der Waals surface area (Å²) >= 11 is 0. The van der Waals surface area contributed by atoms with Gasteiger partial charge in [-0.3, -0.25) is 9.59 Å². The molecule has 0 radical (unpaired) electrons. The molecule has 0 spiro atoms. The minimum absolute atomic E-state index is 0. The van der Waals surface area contributed by atoms with Crippen LogP contribution in [0.1, 0.15) is 145 Å². The molecule has 5 aliphatic carbocycles. The number of unbranched alkanes of at least 4 members (excludes halogenated alkanes) is 1. The third-order valence-corrected chi connectivity index (χ3v) is 13.4. The average Bonchev–Trinajstić information content (AvgIpc) is 2.98. The Morgan fingerprint density at radius 3 is 2.27 bits per heavy atom. The first-order valence-electron chi connectivity index (χ1n) is 17.8. The molecule has 45 heavy (non-hydrogen) atoms.